The van der Waals surface area contributed by atoms with Crippen LogP contribution < -0.4 is 16.2 Å². The highest BCUT2D eigenvalue weighted by Crippen LogP contribution is 2.23. The highest BCUT2D eigenvalue weighted by molar-refractivity contribution is 6.01. The predicted molar refractivity (Wildman–Crippen MR) is 125 cm³/mol. The van der Waals surface area contributed by atoms with Crippen molar-refractivity contribution in [2.45, 2.75) is 77.9 Å². The summed E-state index contributed by atoms with van der Waals surface area (Å²) in [6.45, 7) is 7.02. The standard InChI is InChI=1S/C24H30N4O6/c1-14-25-21-15(23(33)28(14)17-12-13-19(30)27-22(17)32)8-7-9-16(21)26-18(29)10-5-6-11-20(31)34-24(2,3)4/h7-9,17H,5-6,10-13H2,1-4H3,(H,26,29)(H,27,30,32). The van der Waals surface area contributed by atoms with Crippen LogP contribution in [0.5, 0.6) is 0 Å². The summed E-state index contributed by atoms with van der Waals surface area (Å²) in [7, 11) is 0. The molecule has 1 saturated heterocycles. The zero-order valence-electron chi connectivity index (χ0n) is 19.9. The van der Waals surface area contributed by atoms with Crippen molar-refractivity contribution in [1.82, 2.24) is 14.9 Å². The third-order valence-corrected chi connectivity index (χ3v) is 5.36. The van der Waals surface area contributed by atoms with Gasteiger partial charge in [0.25, 0.3) is 5.56 Å². The van der Waals surface area contributed by atoms with Gasteiger partial charge < -0.3 is 10.1 Å². The summed E-state index contributed by atoms with van der Waals surface area (Å²) in [4.78, 5) is 65.7. The van der Waals surface area contributed by atoms with Crippen LogP contribution in [0.1, 0.15) is 71.2 Å². The van der Waals surface area contributed by atoms with E-state index in [1.54, 1.807) is 45.9 Å². The first kappa shape index (κ1) is 25.1. The monoisotopic (exact) mass is 470 g/mol. The van der Waals surface area contributed by atoms with Gasteiger partial charge in [-0.2, -0.15) is 0 Å². The van der Waals surface area contributed by atoms with Crippen molar-refractivity contribution >= 4 is 40.3 Å². The van der Waals surface area contributed by atoms with E-state index in [9.17, 15) is 24.0 Å². The lowest BCUT2D eigenvalue weighted by Crippen LogP contribution is -2.45. The number of piperidine rings is 1. The highest BCUT2D eigenvalue weighted by atomic mass is 16.6. The molecule has 182 valence electrons. The van der Waals surface area contributed by atoms with Crippen LogP contribution in [0.2, 0.25) is 0 Å². The maximum Gasteiger partial charge on any atom is 0.306 e. The Morgan fingerprint density at radius 1 is 1.18 bits per heavy atom. The molecule has 34 heavy (non-hydrogen) atoms. The number of unbranched alkanes of at least 4 members (excludes halogenated alkanes) is 1. The smallest absolute Gasteiger partial charge is 0.306 e. The fourth-order valence-corrected chi connectivity index (χ4v) is 3.89. The number of amides is 3. The molecule has 1 aromatic carbocycles. The largest absolute Gasteiger partial charge is 0.460 e. The van der Waals surface area contributed by atoms with Crippen LogP contribution in [-0.4, -0.2) is 38.8 Å². The lowest BCUT2D eigenvalue weighted by Gasteiger charge is -2.24. The molecule has 0 bridgehead atoms. The van der Waals surface area contributed by atoms with Gasteiger partial charge in [0.15, 0.2) is 0 Å². The van der Waals surface area contributed by atoms with Crippen LogP contribution in [0, 0.1) is 6.92 Å². The number of esters is 1. The molecule has 2 N–H and O–H groups in total. The molecule has 1 aliphatic heterocycles. The molecule has 10 heteroatoms. The van der Waals surface area contributed by atoms with Crippen LogP contribution >= 0.6 is 0 Å². The van der Waals surface area contributed by atoms with E-state index in [0.29, 0.717) is 29.9 Å². The number of nitrogens with one attached hydrogen (secondary N) is 2. The SMILES string of the molecule is Cc1nc2c(NC(=O)CCCCC(=O)OC(C)(C)C)cccc2c(=O)n1C1CCC(=O)NC1=O. The fourth-order valence-electron chi connectivity index (χ4n) is 3.89. The van der Waals surface area contributed by atoms with Crippen molar-refractivity contribution in [2.75, 3.05) is 5.32 Å². The molecule has 1 unspecified atom stereocenters. The summed E-state index contributed by atoms with van der Waals surface area (Å²) < 4.78 is 6.55. The highest BCUT2D eigenvalue weighted by Gasteiger charge is 2.30. The van der Waals surface area contributed by atoms with Gasteiger partial charge in [-0.15, -0.1) is 0 Å². The molecule has 2 aromatic rings. The van der Waals surface area contributed by atoms with Gasteiger partial charge in [0.1, 0.15) is 23.0 Å². The van der Waals surface area contributed by atoms with E-state index in [4.69, 9.17) is 4.74 Å². The van der Waals surface area contributed by atoms with Gasteiger partial charge in [-0.05, 0) is 59.1 Å². The van der Waals surface area contributed by atoms with Crippen molar-refractivity contribution in [2.24, 2.45) is 0 Å². The second-order valence-corrected chi connectivity index (χ2v) is 9.34. The first-order chi connectivity index (χ1) is 16.0. The first-order valence-electron chi connectivity index (χ1n) is 11.3. The van der Waals surface area contributed by atoms with Crippen LogP contribution in [-0.2, 0) is 23.9 Å². The summed E-state index contributed by atoms with van der Waals surface area (Å²) in [6.07, 6.45) is 1.82. The van der Waals surface area contributed by atoms with Crippen LogP contribution in [0.15, 0.2) is 23.0 Å². The Balaban J connectivity index is 1.70. The molecule has 2 heterocycles. The molecular weight excluding hydrogens is 440 g/mol. The van der Waals surface area contributed by atoms with E-state index in [0.717, 1.165) is 0 Å². The molecule has 3 rings (SSSR count). The van der Waals surface area contributed by atoms with Gasteiger partial charge >= 0.3 is 5.97 Å². The Kier molecular flexibility index (Phi) is 7.48. The number of nitrogens with zero attached hydrogens (tertiary/aromatic N) is 2. The van der Waals surface area contributed by atoms with Gasteiger partial charge in [0.05, 0.1) is 11.1 Å². The molecule has 0 saturated carbocycles. The van der Waals surface area contributed by atoms with Crippen LogP contribution in [0.25, 0.3) is 10.9 Å². The number of hydrogen-bond donors (Lipinski definition) is 2. The van der Waals surface area contributed by atoms with E-state index in [-0.39, 0.29) is 48.9 Å². The molecule has 10 nitrogen and oxygen atoms in total. The number of carbonyl (C=O) groups excluding carboxylic acids is 4. The van der Waals surface area contributed by atoms with Crippen molar-refractivity contribution in [1.29, 1.82) is 0 Å². The minimum atomic E-state index is -0.815. The Bertz CT molecular complexity index is 1190. The van der Waals surface area contributed by atoms with Crippen molar-refractivity contribution in [3.05, 3.63) is 34.4 Å². The summed E-state index contributed by atoms with van der Waals surface area (Å²) in [6, 6.07) is 4.06. The number of benzene rings is 1. The Labute approximate surface area is 197 Å². The Morgan fingerprint density at radius 2 is 1.88 bits per heavy atom. The van der Waals surface area contributed by atoms with Crippen LogP contribution in [0.3, 0.4) is 0 Å². The number of aromatic nitrogens is 2. The second-order valence-electron chi connectivity index (χ2n) is 9.34. The van der Waals surface area contributed by atoms with E-state index in [1.165, 1.54) is 4.57 Å². The molecule has 3 amide bonds. The number of hydrogen-bond acceptors (Lipinski definition) is 7. The Hall–Kier alpha value is -3.56. The molecule has 1 aromatic heterocycles. The number of ether oxygens (including phenoxy) is 1. The number of fused-ring (bicyclic) bond motifs is 1. The summed E-state index contributed by atoms with van der Waals surface area (Å²) >= 11 is 0. The number of rotatable bonds is 7. The second kappa shape index (κ2) is 10.1. The number of aryl methyl sites for hydroxylation is 1. The van der Waals surface area contributed by atoms with Crippen molar-refractivity contribution < 1.29 is 23.9 Å². The van der Waals surface area contributed by atoms with Gasteiger partial charge in [0, 0.05) is 19.3 Å². The molecule has 1 fully saturated rings. The molecule has 1 aliphatic rings. The van der Waals surface area contributed by atoms with Gasteiger partial charge in [-0.3, -0.25) is 33.9 Å². The van der Waals surface area contributed by atoms with Gasteiger partial charge in [-0.25, -0.2) is 4.98 Å². The van der Waals surface area contributed by atoms with Gasteiger partial charge in [0.2, 0.25) is 17.7 Å². The van der Waals surface area contributed by atoms with E-state index < -0.39 is 23.1 Å². The lowest BCUT2D eigenvalue weighted by atomic mass is 10.1. The maximum absolute atomic E-state index is 13.2. The number of anilines is 1. The van der Waals surface area contributed by atoms with E-state index in [1.807, 2.05) is 0 Å². The fraction of sp³-hybridized carbons (Fsp3) is 0.500. The van der Waals surface area contributed by atoms with E-state index in [2.05, 4.69) is 15.6 Å². The molecule has 0 radical (unpaired) electrons. The van der Waals surface area contributed by atoms with Crippen molar-refractivity contribution in [3.8, 4) is 0 Å². The average Bonchev–Trinajstić information content (AvgIpc) is 2.72. The predicted octanol–water partition coefficient (Wildman–Crippen LogP) is 2.52. The Morgan fingerprint density at radius 3 is 2.56 bits per heavy atom. The lowest BCUT2D eigenvalue weighted by molar-refractivity contribution is -0.155. The van der Waals surface area contributed by atoms with Crippen LogP contribution in [0.4, 0.5) is 5.69 Å². The zero-order chi connectivity index (χ0) is 25.0. The first-order valence-corrected chi connectivity index (χ1v) is 11.3. The molecule has 0 spiro atoms. The number of carbonyl (C=O) groups is 4. The normalized spacial score (nSPS) is 16.3. The number of para-hydroxylation sites is 1. The minimum absolute atomic E-state index is 0.143. The van der Waals surface area contributed by atoms with Crippen molar-refractivity contribution in [3.63, 3.8) is 0 Å². The quantitative estimate of drug-likeness (QED) is 0.360. The maximum atomic E-state index is 13.2. The molecule has 0 aliphatic carbocycles. The summed E-state index contributed by atoms with van der Waals surface area (Å²) in [5, 5.41) is 5.31. The third kappa shape index (κ3) is 6.06. The topological polar surface area (TPSA) is 136 Å². The molecular formula is C24H30N4O6. The number of imide groups is 1. The third-order valence-electron chi connectivity index (χ3n) is 5.36. The van der Waals surface area contributed by atoms with Gasteiger partial charge in [-0.1, -0.05) is 6.07 Å². The molecule has 1 atom stereocenters. The minimum Gasteiger partial charge on any atom is -0.460 e. The average molecular weight is 471 g/mol. The van der Waals surface area contributed by atoms with E-state index >= 15 is 0 Å². The zero-order valence-corrected chi connectivity index (χ0v) is 19.9. The summed E-state index contributed by atoms with van der Waals surface area (Å²) in [5.74, 6) is -1.14. The summed E-state index contributed by atoms with van der Waals surface area (Å²) in [5.41, 5.74) is -0.226.